The molecule has 0 fully saturated rings. The number of methoxy groups -OCH3 is 3. The maximum atomic E-state index is 5.46. The molecule has 0 saturated heterocycles. The van der Waals surface area contributed by atoms with Gasteiger partial charge in [0.15, 0.2) is 17.5 Å². The molecule has 0 amide bonds. The Morgan fingerprint density at radius 3 is 2.48 bits per heavy atom. The van der Waals surface area contributed by atoms with E-state index in [0.717, 1.165) is 49.2 Å². The Morgan fingerprint density at radius 2 is 1.83 bits per heavy atom. The molecule has 1 aromatic carbocycles. The first-order chi connectivity index (χ1) is 13.7. The Balaban J connectivity index is 0.00000300. The summed E-state index contributed by atoms with van der Waals surface area (Å²) in [6.07, 6.45) is 0.928. The van der Waals surface area contributed by atoms with Crippen molar-refractivity contribution in [3.63, 3.8) is 0 Å². The van der Waals surface area contributed by atoms with Gasteiger partial charge in [-0.1, -0.05) is 6.07 Å². The molecule has 0 aliphatic carbocycles. The fourth-order valence-electron chi connectivity index (χ4n) is 3.30. The molecule has 0 unspecified atom stereocenters. The van der Waals surface area contributed by atoms with E-state index in [1.54, 1.807) is 21.3 Å². The maximum Gasteiger partial charge on any atom is 0.213 e. The number of aliphatic imine (C=N–C) groups is 1. The largest absolute Gasteiger partial charge is 0.493 e. The molecule has 2 heterocycles. The third kappa shape index (κ3) is 5.65. The van der Waals surface area contributed by atoms with Gasteiger partial charge in [-0.25, -0.2) is 9.98 Å². The van der Waals surface area contributed by atoms with Gasteiger partial charge in [-0.2, -0.15) is 0 Å². The molecule has 1 N–H and O–H groups in total. The number of benzene rings is 1. The molecule has 2 aromatic rings. The van der Waals surface area contributed by atoms with Gasteiger partial charge in [0.1, 0.15) is 0 Å². The number of ether oxygens (including phenoxy) is 3. The van der Waals surface area contributed by atoms with Gasteiger partial charge in [0.2, 0.25) is 5.88 Å². The number of halogens is 1. The topological polar surface area (TPSA) is 68.2 Å². The van der Waals surface area contributed by atoms with Crippen molar-refractivity contribution < 1.29 is 14.2 Å². The van der Waals surface area contributed by atoms with Crippen LogP contribution in [-0.4, -0.2) is 50.3 Å². The van der Waals surface area contributed by atoms with Gasteiger partial charge < -0.3 is 24.4 Å². The van der Waals surface area contributed by atoms with E-state index in [-0.39, 0.29) is 24.0 Å². The lowest BCUT2D eigenvalue weighted by Gasteiger charge is -2.32. The van der Waals surface area contributed by atoms with Crippen LogP contribution in [0.3, 0.4) is 0 Å². The minimum atomic E-state index is 0. The summed E-state index contributed by atoms with van der Waals surface area (Å²) in [6, 6.07) is 9.86. The average molecular weight is 512 g/mol. The third-order valence-electron chi connectivity index (χ3n) is 4.73. The maximum absolute atomic E-state index is 5.46. The van der Waals surface area contributed by atoms with Crippen LogP contribution in [0, 0.1) is 0 Å². The Hall–Kier alpha value is -2.23. The molecule has 158 valence electrons. The van der Waals surface area contributed by atoms with Crippen molar-refractivity contribution in [1.82, 2.24) is 15.2 Å². The van der Waals surface area contributed by atoms with E-state index >= 15 is 0 Å². The fraction of sp³-hybridized carbons (Fsp3) is 0.429. The first kappa shape index (κ1) is 23.1. The summed E-state index contributed by atoms with van der Waals surface area (Å²) >= 11 is 0. The highest BCUT2D eigenvalue weighted by Gasteiger charge is 2.21. The summed E-state index contributed by atoms with van der Waals surface area (Å²) in [7, 11) is 4.95. The summed E-state index contributed by atoms with van der Waals surface area (Å²) in [5.41, 5.74) is 3.40. The Bertz CT molecular complexity index is 845. The van der Waals surface area contributed by atoms with Crippen LogP contribution in [0.15, 0.2) is 35.3 Å². The number of nitrogens with zero attached hydrogens (tertiary/aromatic N) is 3. The van der Waals surface area contributed by atoms with Gasteiger partial charge in [0.25, 0.3) is 0 Å². The van der Waals surface area contributed by atoms with Crippen molar-refractivity contribution in [3.8, 4) is 17.4 Å². The van der Waals surface area contributed by atoms with E-state index in [4.69, 9.17) is 19.2 Å². The molecular weight excluding hydrogens is 483 g/mol. The SMILES string of the molecule is CCNC(=NCc1cccc(OC)n1)N1CCc2cc(OC)c(OC)cc2C1.I. The number of pyridine rings is 1. The van der Waals surface area contributed by atoms with Crippen LogP contribution in [0.4, 0.5) is 0 Å². The minimum Gasteiger partial charge on any atom is -0.493 e. The lowest BCUT2D eigenvalue weighted by atomic mass is 9.99. The van der Waals surface area contributed by atoms with E-state index in [0.29, 0.717) is 12.4 Å². The summed E-state index contributed by atoms with van der Waals surface area (Å²) in [5.74, 6) is 3.02. The molecule has 3 rings (SSSR count). The molecule has 0 atom stereocenters. The van der Waals surface area contributed by atoms with Gasteiger partial charge in [-0.15, -0.1) is 24.0 Å². The van der Waals surface area contributed by atoms with Crippen LogP contribution < -0.4 is 19.5 Å². The van der Waals surface area contributed by atoms with Crippen molar-refractivity contribution in [2.24, 2.45) is 4.99 Å². The average Bonchev–Trinajstić information content (AvgIpc) is 2.75. The molecule has 0 radical (unpaired) electrons. The fourth-order valence-corrected chi connectivity index (χ4v) is 3.30. The Kier molecular flexibility index (Phi) is 8.81. The zero-order valence-corrected chi connectivity index (χ0v) is 19.7. The normalized spacial score (nSPS) is 13.2. The second kappa shape index (κ2) is 11.1. The molecule has 0 bridgehead atoms. The molecule has 7 nitrogen and oxygen atoms in total. The molecule has 8 heteroatoms. The zero-order chi connectivity index (χ0) is 19.9. The van der Waals surface area contributed by atoms with E-state index in [9.17, 15) is 0 Å². The van der Waals surface area contributed by atoms with Crippen LogP contribution in [0.1, 0.15) is 23.7 Å². The van der Waals surface area contributed by atoms with Gasteiger partial charge in [-0.05, 0) is 42.7 Å². The highest BCUT2D eigenvalue weighted by atomic mass is 127. The van der Waals surface area contributed by atoms with Gasteiger partial charge >= 0.3 is 0 Å². The van der Waals surface area contributed by atoms with Crippen LogP contribution in [0.25, 0.3) is 0 Å². The Labute approximate surface area is 189 Å². The number of guanidine groups is 1. The quantitative estimate of drug-likeness (QED) is 0.364. The minimum absolute atomic E-state index is 0. The van der Waals surface area contributed by atoms with Gasteiger partial charge in [-0.3, -0.25) is 0 Å². The summed E-state index contributed by atoms with van der Waals surface area (Å²) in [5, 5.41) is 3.39. The van der Waals surface area contributed by atoms with Gasteiger partial charge in [0, 0.05) is 25.7 Å². The number of fused-ring (bicyclic) bond motifs is 1. The molecule has 1 aliphatic heterocycles. The number of rotatable bonds is 6. The first-order valence-electron chi connectivity index (χ1n) is 9.45. The highest BCUT2D eigenvalue weighted by molar-refractivity contribution is 14.0. The van der Waals surface area contributed by atoms with E-state index < -0.39 is 0 Å². The lowest BCUT2D eigenvalue weighted by molar-refractivity contribution is 0.346. The van der Waals surface area contributed by atoms with Crippen molar-refractivity contribution in [2.75, 3.05) is 34.4 Å². The summed E-state index contributed by atoms with van der Waals surface area (Å²) in [6.45, 7) is 5.03. The number of hydrogen-bond donors (Lipinski definition) is 1. The molecule has 1 aromatic heterocycles. The number of hydrogen-bond acceptors (Lipinski definition) is 5. The lowest BCUT2D eigenvalue weighted by Crippen LogP contribution is -2.44. The van der Waals surface area contributed by atoms with Crippen molar-refractivity contribution in [2.45, 2.75) is 26.4 Å². The van der Waals surface area contributed by atoms with Crippen molar-refractivity contribution >= 4 is 29.9 Å². The molecule has 0 spiro atoms. The first-order valence-corrected chi connectivity index (χ1v) is 9.45. The molecular formula is C21H29IN4O3. The third-order valence-corrected chi connectivity index (χ3v) is 4.73. The second-order valence-electron chi connectivity index (χ2n) is 6.49. The van der Waals surface area contributed by atoms with Crippen LogP contribution >= 0.6 is 24.0 Å². The van der Waals surface area contributed by atoms with Crippen LogP contribution in [0.2, 0.25) is 0 Å². The number of nitrogens with one attached hydrogen (secondary N) is 1. The standard InChI is InChI=1S/C21H28N4O3.HI/c1-5-22-21(23-13-17-7-6-8-20(24-17)28-4)25-10-9-15-11-18(26-2)19(27-3)12-16(15)14-25;/h6-8,11-12H,5,9-10,13-14H2,1-4H3,(H,22,23);1H. The van der Waals surface area contributed by atoms with Crippen molar-refractivity contribution in [1.29, 1.82) is 0 Å². The van der Waals surface area contributed by atoms with E-state index in [1.165, 1.54) is 11.1 Å². The zero-order valence-electron chi connectivity index (χ0n) is 17.4. The van der Waals surface area contributed by atoms with E-state index in [2.05, 4.69) is 34.3 Å². The molecule has 0 saturated carbocycles. The van der Waals surface area contributed by atoms with E-state index in [1.807, 2.05) is 18.2 Å². The van der Waals surface area contributed by atoms with Crippen LogP contribution in [0.5, 0.6) is 17.4 Å². The smallest absolute Gasteiger partial charge is 0.213 e. The molecule has 1 aliphatic rings. The monoisotopic (exact) mass is 512 g/mol. The summed E-state index contributed by atoms with van der Waals surface area (Å²) < 4.78 is 16.1. The Morgan fingerprint density at radius 1 is 1.10 bits per heavy atom. The van der Waals surface area contributed by atoms with Crippen molar-refractivity contribution in [3.05, 3.63) is 47.2 Å². The summed E-state index contributed by atoms with van der Waals surface area (Å²) in [4.78, 5) is 11.5. The van der Waals surface area contributed by atoms with Gasteiger partial charge in [0.05, 0.1) is 33.6 Å². The second-order valence-corrected chi connectivity index (χ2v) is 6.49. The molecule has 29 heavy (non-hydrogen) atoms. The van der Waals surface area contributed by atoms with Crippen LogP contribution in [-0.2, 0) is 19.5 Å². The number of aromatic nitrogens is 1. The predicted molar refractivity (Wildman–Crippen MR) is 125 cm³/mol. The predicted octanol–water partition coefficient (Wildman–Crippen LogP) is 3.25. The highest BCUT2D eigenvalue weighted by Crippen LogP contribution is 2.33.